The maximum Gasteiger partial charge on any atom is 0.348 e. The number of hydrogen-bond donors (Lipinski definition) is 1. The summed E-state index contributed by atoms with van der Waals surface area (Å²) in [5, 5.41) is 9.83. The molecule has 30 heavy (non-hydrogen) atoms. The van der Waals surface area contributed by atoms with Crippen LogP contribution >= 0.6 is 11.3 Å². The second kappa shape index (κ2) is 9.13. The Kier molecular flexibility index (Phi) is 6.76. The zero-order valence-electron chi connectivity index (χ0n) is 18.0. The number of anilines is 1. The predicted molar refractivity (Wildman–Crippen MR) is 120 cm³/mol. The van der Waals surface area contributed by atoms with Crippen molar-refractivity contribution in [3.05, 3.63) is 40.8 Å². The quantitative estimate of drug-likeness (QED) is 0.584. The molecule has 1 fully saturated rings. The summed E-state index contributed by atoms with van der Waals surface area (Å²) in [4.78, 5) is 39.5. The van der Waals surface area contributed by atoms with E-state index in [0.29, 0.717) is 17.2 Å². The van der Waals surface area contributed by atoms with Crippen LogP contribution in [0.4, 0.5) is 5.69 Å². The van der Waals surface area contributed by atoms with Crippen LogP contribution in [0.15, 0.2) is 30.3 Å². The Morgan fingerprint density at radius 1 is 1.07 bits per heavy atom. The molecule has 160 valence electrons. The first kappa shape index (κ1) is 22.2. The van der Waals surface area contributed by atoms with Crippen molar-refractivity contribution in [2.75, 3.05) is 4.90 Å². The Bertz CT molecular complexity index is 937. The van der Waals surface area contributed by atoms with E-state index in [1.807, 2.05) is 26.0 Å². The highest BCUT2D eigenvalue weighted by molar-refractivity contribution is 7.18. The van der Waals surface area contributed by atoms with Crippen LogP contribution in [0.1, 0.15) is 73.4 Å². The predicted octanol–water partition coefficient (Wildman–Crippen LogP) is 5.88. The Morgan fingerprint density at radius 2 is 1.67 bits per heavy atom. The van der Waals surface area contributed by atoms with Crippen molar-refractivity contribution in [1.82, 2.24) is 0 Å². The third-order valence-electron chi connectivity index (χ3n) is 5.86. The zero-order chi connectivity index (χ0) is 22.0. The summed E-state index contributed by atoms with van der Waals surface area (Å²) < 4.78 is 0. The Labute approximate surface area is 181 Å². The zero-order valence-corrected chi connectivity index (χ0v) is 18.8. The van der Waals surface area contributed by atoms with Crippen molar-refractivity contribution in [1.29, 1.82) is 0 Å². The number of carboxylic acids is 1. The molecular weight excluding hydrogens is 398 g/mol. The van der Waals surface area contributed by atoms with E-state index in [2.05, 4.69) is 6.92 Å². The molecule has 1 aliphatic carbocycles. The van der Waals surface area contributed by atoms with E-state index in [1.54, 1.807) is 23.1 Å². The van der Waals surface area contributed by atoms with Crippen LogP contribution in [0.3, 0.4) is 0 Å². The molecule has 0 unspecified atom stereocenters. The summed E-state index contributed by atoms with van der Waals surface area (Å²) in [6, 6.07) is 8.79. The monoisotopic (exact) mass is 427 g/mol. The van der Waals surface area contributed by atoms with Crippen molar-refractivity contribution in [3.8, 4) is 10.4 Å². The van der Waals surface area contributed by atoms with Crippen molar-refractivity contribution < 1.29 is 19.5 Å². The molecule has 0 spiro atoms. The van der Waals surface area contributed by atoms with Crippen molar-refractivity contribution in [2.45, 2.75) is 59.4 Å². The van der Waals surface area contributed by atoms with Gasteiger partial charge in [0.1, 0.15) is 4.88 Å². The fraction of sp³-hybridized carbons (Fsp3) is 0.458. The normalized spacial score (nSPS) is 19.0. The maximum absolute atomic E-state index is 13.4. The number of hydrogen-bond acceptors (Lipinski definition) is 4. The number of benzene rings is 1. The van der Waals surface area contributed by atoms with Gasteiger partial charge >= 0.3 is 5.97 Å². The molecular formula is C24H29NO4S. The number of carboxylic acid groups (broad SMARTS) is 1. The molecule has 6 heteroatoms. The Balaban J connectivity index is 1.98. The average molecular weight is 428 g/mol. The second-order valence-corrected chi connectivity index (χ2v) is 9.57. The maximum atomic E-state index is 13.4. The molecule has 0 bridgehead atoms. The van der Waals surface area contributed by atoms with Gasteiger partial charge in [-0.05, 0) is 64.0 Å². The highest BCUT2D eigenvalue weighted by Crippen LogP contribution is 2.40. The highest BCUT2D eigenvalue weighted by Gasteiger charge is 2.33. The molecule has 1 heterocycles. The van der Waals surface area contributed by atoms with E-state index >= 15 is 0 Å². The summed E-state index contributed by atoms with van der Waals surface area (Å²) in [6.45, 7) is 7.58. The summed E-state index contributed by atoms with van der Waals surface area (Å²) in [5.74, 6) is -0.434. The van der Waals surface area contributed by atoms with Gasteiger partial charge in [0.2, 0.25) is 5.91 Å². The molecule has 1 saturated carbocycles. The summed E-state index contributed by atoms with van der Waals surface area (Å²) in [5.41, 5.74) is 1.91. The minimum Gasteiger partial charge on any atom is -0.477 e. The fourth-order valence-electron chi connectivity index (χ4n) is 4.08. The summed E-state index contributed by atoms with van der Waals surface area (Å²) >= 11 is 1.17. The van der Waals surface area contributed by atoms with Crippen LogP contribution in [0, 0.1) is 11.8 Å². The molecule has 1 aromatic heterocycles. The average Bonchev–Trinajstić information content (AvgIpc) is 3.13. The first-order valence-corrected chi connectivity index (χ1v) is 11.3. The highest BCUT2D eigenvalue weighted by atomic mass is 32.1. The van der Waals surface area contributed by atoms with Crippen LogP contribution in [-0.2, 0) is 4.79 Å². The van der Waals surface area contributed by atoms with Gasteiger partial charge in [0.15, 0.2) is 5.78 Å². The molecule has 0 saturated heterocycles. The lowest BCUT2D eigenvalue weighted by atomic mass is 9.82. The molecule has 0 radical (unpaired) electrons. The molecule has 5 nitrogen and oxygen atoms in total. The van der Waals surface area contributed by atoms with Crippen LogP contribution in [-0.4, -0.2) is 28.8 Å². The Hall–Kier alpha value is -2.47. The van der Waals surface area contributed by atoms with Gasteiger partial charge < -0.3 is 10.0 Å². The van der Waals surface area contributed by atoms with Crippen molar-refractivity contribution in [2.24, 2.45) is 11.8 Å². The largest absolute Gasteiger partial charge is 0.477 e. The number of amides is 1. The van der Waals surface area contributed by atoms with E-state index in [1.165, 1.54) is 18.3 Å². The number of aromatic carboxylic acids is 1. The lowest BCUT2D eigenvalue weighted by Gasteiger charge is -2.33. The first-order valence-electron chi connectivity index (χ1n) is 10.5. The van der Waals surface area contributed by atoms with E-state index in [9.17, 15) is 19.5 Å². The second-order valence-electron chi connectivity index (χ2n) is 8.52. The summed E-state index contributed by atoms with van der Waals surface area (Å²) in [6.07, 6.45) is 3.78. The standard InChI is InChI=1S/C24H29NO4S/c1-14(2)25(23(27)19-7-5-15(3)6-8-19)20-13-21(30-22(20)24(28)29)18-11-9-17(10-12-18)16(4)26/h9-15,19H,5-8H2,1-4H3,(H,28,29). The first-order chi connectivity index (χ1) is 14.2. The van der Waals surface area contributed by atoms with Gasteiger partial charge in [0.25, 0.3) is 0 Å². The summed E-state index contributed by atoms with van der Waals surface area (Å²) in [7, 11) is 0. The van der Waals surface area contributed by atoms with Crippen LogP contribution in [0.5, 0.6) is 0 Å². The van der Waals surface area contributed by atoms with Gasteiger partial charge in [-0.25, -0.2) is 4.79 Å². The smallest absolute Gasteiger partial charge is 0.348 e. The number of carbonyl (C=O) groups is 3. The SMILES string of the molecule is CC(=O)c1ccc(-c2cc(N(C(=O)C3CCC(C)CC3)C(C)C)c(C(=O)O)s2)cc1. The topological polar surface area (TPSA) is 74.7 Å². The molecule has 0 atom stereocenters. The van der Waals surface area contributed by atoms with E-state index in [4.69, 9.17) is 0 Å². The lowest BCUT2D eigenvalue weighted by molar-refractivity contribution is -0.123. The van der Waals surface area contributed by atoms with Gasteiger partial charge in [-0.15, -0.1) is 11.3 Å². The van der Waals surface area contributed by atoms with E-state index < -0.39 is 5.97 Å². The van der Waals surface area contributed by atoms with Crippen molar-refractivity contribution >= 4 is 34.7 Å². The van der Waals surface area contributed by atoms with Crippen LogP contribution in [0.25, 0.3) is 10.4 Å². The number of Topliss-reactive ketones (excluding diaryl/α,β-unsaturated/α-hetero) is 1. The van der Waals surface area contributed by atoms with Crippen molar-refractivity contribution in [3.63, 3.8) is 0 Å². The number of nitrogens with zero attached hydrogens (tertiary/aromatic N) is 1. The third kappa shape index (κ3) is 4.64. The minimum absolute atomic E-state index is 0.0157. The number of ketones is 1. The van der Waals surface area contributed by atoms with E-state index in [0.717, 1.165) is 36.1 Å². The van der Waals surface area contributed by atoms with Crippen LogP contribution in [0.2, 0.25) is 0 Å². The van der Waals surface area contributed by atoms with Gasteiger partial charge in [-0.1, -0.05) is 31.2 Å². The fourth-order valence-corrected chi connectivity index (χ4v) is 5.07. The molecule has 1 aliphatic rings. The minimum atomic E-state index is -1.03. The van der Waals surface area contributed by atoms with E-state index in [-0.39, 0.29) is 28.5 Å². The molecule has 0 aliphatic heterocycles. The molecule has 3 rings (SSSR count). The van der Waals surface area contributed by atoms with Gasteiger partial charge in [0, 0.05) is 22.4 Å². The Morgan fingerprint density at radius 3 is 2.17 bits per heavy atom. The van der Waals surface area contributed by atoms with Gasteiger partial charge in [-0.3, -0.25) is 9.59 Å². The molecule has 1 aromatic carbocycles. The molecule has 1 amide bonds. The molecule has 1 N–H and O–H groups in total. The van der Waals surface area contributed by atoms with Crippen LogP contribution < -0.4 is 4.90 Å². The number of carbonyl (C=O) groups excluding carboxylic acids is 2. The third-order valence-corrected chi connectivity index (χ3v) is 7.02. The number of rotatable bonds is 6. The van der Waals surface area contributed by atoms with Gasteiger partial charge in [0.05, 0.1) is 5.69 Å². The molecule has 2 aromatic rings. The lowest BCUT2D eigenvalue weighted by Crippen LogP contribution is -2.42. The number of thiophene rings is 1. The van der Waals surface area contributed by atoms with Gasteiger partial charge in [-0.2, -0.15) is 0 Å².